The molecule has 0 atom stereocenters. The van der Waals surface area contributed by atoms with Crippen LogP contribution in [0.2, 0.25) is 0 Å². The summed E-state index contributed by atoms with van der Waals surface area (Å²) in [6.45, 7) is 0.738. The zero-order chi connectivity index (χ0) is 20.8. The van der Waals surface area contributed by atoms with Gasteiger partial charge in [0.25, 0.3) is 0 Å². The monoisotopic (exact) mass is 436 g/mol. The summed E-state index contributed by atoms with van der Waals surface area (Å²) in [7, 11) is 0. The molecule has 2 aromatic carbocycles. The van der Waals surface area contributed by atoms with E-state index < -0.39 is 0 Å². The molecule has 0 fully saturated rings. The highest BCUT2D eigenvalue weighted by Gasteiger charge is 2.22. The number of carbonyl (C=O) groups excluding carboxylic acids is 2. The molecule has 0 saturated carbocycles. The molecular formula is C22H20N4O2S2. The molecule has 2 amide bonds. The van der Waals surface area contributed by atoms with Crippen LogP contribution in [0.3, 0.4) is 0 Å². The van der Waals surface area contributed by atoms with E-state index in [-0.39, 0.29) is 17.6 Å². The molecule has 8 heteroatoms. The standard InChI is InChI=1S/C22H20N4O2S2/c27-19(13-12-16-7-2-1-3-8-16)23-21-24-25-22(30-21)29-15-20(28)26-14-6-10-17-9-4-5-11-18(17)26/h1-5,7-9,11-13H,6,10,14-15H2,(H,23,24,27)/b13-12+. The van der Waals surface area contributed by atoms with E-state index in [1.54, 1.807) is 6.08 Å². The molecule has 2 heterocycles. The van der Waals surface area contributed by atoms with Crippen LogP contribution in [-0.2, 0) is 16.0 Å². The number of thioether (sulfide) groups is 1. The Balaban J connectivity index is 1.30. The summed E-state index contributed by atoms with van der Waals surface area (Å²) in [6, 6.07) is 17.6. The Bertz CT molecular complexity index is 1070. The molecule has 3 aromatic rings. The lowest BCUT2D eigenvalue weighted by Crippen LogP contribution is -2.36. The van der Waals surface area contributed by atoms with Gasteiger partial charge in [-0.1, -0.05) is 71.6 Å². The second-order valence-electron chi connectivity index (χ2n) is 6.67. The van der Waals surface area contributed by atoms with Gasteiger partial charge in [0, 0.05) is 18.3 Å². The van der Waals surface area contributed by atoms with Gasteiger partial charge in [0.1, 0.15) is 0 Å². The first kappa shape index (κ1) is 20.3. The van der Waals surface area contributed by atoms with Crippen molar-refractivity contribution in [3.63, 3.8) is 0 Å². The molecule has 1 aliphatic heterocycles. The molecule has 30 heavy (non-hydrogen) atoms. The number of hydrogen-bond donors (Lipinski definition) is 1. The van der Waals surface area contributed by atoms with Crippen molar-refractivity contribution in [3.8, 4) is 0 Å². The number of fused-ring (bicyclic) bond motifs is 1. The van der Waals surface area contributed by atoms with Gasteiger partial charge >= 0.3 is 0 Å². The van der Waals surface area contributed by atoms with Crippen molar-refractivity contribution >= 4 is 51.8 Å². The van der Waals surface area contributed by atoms with Crippen molar-refractivity contribution in [3.05, 3.63) is 71.8 Å². The van der Waals surface area contributed by atoms with Crippen molar-refractivity contribution in [1.82, 2.24) is 10.2 Å². The van der Waals surface area contributed by atoms with E-state index in [0.717, 1.165) is 30.6 Å². The summed E-state index contributed by atoms with van der Waals surface area (Å²) in [5.74, 6) is 0.0662. The molecular weight excluding hydrogens is 416 g/mol. The van der Waals surface area contributed by atoms with Crippen molar-refractivity contribution in [2.75, 3.05) is 22.5 Å². The molecule has 1 aromatic heterocycles. The predicted octanol–water partition coefficient (Wildman–Crippen LogP) is 4.26. The maximum atomic E-state index is 12.7. The normalized spacial score (nSPS) is 13.3. The maximum absolute atomic E-state index is 12.7. The van der Waals surface area contributed by atoms with Gasteiger partial charge in [-0.05, 0) is 36.1 Å². The number of carbonyl (C=O) groups is 2. The van der Waals surface area contributed by atoms with Crippen molar-refractivity contribution < 1.29 is 9.59 Å². The fraction of sp³-hybridized carbons (Fsp3) is 0.182. The number of anilines is 2. The van der Waals surface area contributed by atoms with E-state index in [1.807, 2.05) is 53.4 Å². The molecule has 6 nitrogen and oxygen atoms in total. The molecule has 152 valence electrons. The number of aromatic nitrogens is 2. The highest BCUT2D eigenvalue weighted by atomic mass is 32.2. The first-order valence-corrected chi connectivity index (χ1v) is 11.4. The smallest absolute Gasteiger partial charge is 0.250 e. The molecule has 4 rings (SSSR count). The average Bonchev–Trinajstić information content (AvgIpc) is 3.23. The third-order valence-electron chi connectivity index (χ3n) is 4.59. The minimum absolute atomic E-state index is 0.0544. The Labute approximate surface area is 183 Å². The molecule has 0 aliphatic carbocycles. The van der Waals surface area contributed by atoms with Crippen LogP contribution in [0.1, 0.15) is 17.5 Å². The maximum Gasteiger partial charge on any atom is 0.250 e. The van der Waals surface area contributed by atoms with Crippen LogP contribution < -0.4 is 10.2 Å². The summed E-state index contributed by atoms with van der Waals surface area (Å²) in [4.78, 5) is 26.6. The Morgan fingerprint density at radius 1 is 1.10 bits per heavy atom. The third kappa shape index (κ3) is 5.14. The second kappa shape index (κ2) is 9.69. The number of rotatable bonds is 6. The lowest BCUT2D eigenvalue weighted by atomic mass is 10.0. The van der Waals surface area contributed by atoms with Crippen molar-refractivity contribution in [2.24, 2.45) is 0 Å². The number of benzene rings is 2. The van der Waals surface area contributed by atoms with Crippen molar-refractivity contribution in [2.45, 2.75) is 17.2 Å². The average molecular weight is 437 g/mol. The first-order valence-electron chi connectivity index (χ1n) is 9.58. The van der Waals surface area contributed by atoms with E-state index in [0.29, 0.717) is 9.47 Å². The molecule has 1 aliphatic rings. The summed E-state index contributed by atoms with van der Waals surface area (Å²) in [5.41, 5.74) is 3.16. The number of nitrogens with one attached hydrogen (secondary N) is 1. The number of amides is 2. The van der Waals surface area contributed by atoms with Gasteiger partial charge in [0.15, 0.2) is 4.34 Å². The largest absolute Gasteiger partial charge is 0.311 e. The highest BCUT2D eigenvalue weighted by molar-refractivity contribution is 8.01. The highest BCUT2D eigenvalue weighted by Crippen LogP contribution is 2.29. The topological polar surface area (TPSA) is 75.2 Å². The summed E-state index contributed by atoms with van der Waals surface area (Å²) >= 11 is 2.60. The fourth-order valence-electron chi connectivity index (χ4n) is 3.20. The zero-order valence-electron chi connectivity index (χ0n) is 16.2. The first-order chi connectivity index (χ1) is 14.7. The van der Waals surface area contributed by atoms with Gasteiger partial charge in [-0.3, -0.25) is 14.9 Å². The van der Waals surface area contributed by atoms with Gasteiger partial charge in [-0.25, -0.2) is 0 Å². The van der Waals surface area contributed by atoms with Gasteiger partial charge in [-0.15, -0.1) is 10.2 Å². The Morgan fingerprint density at radius 3 is 2.77 bits per heavy atom. The lowest BCUT2D eigenvalue weighted by molar-refractivity contribution is -0.116. The van der Waals surface area contributed by atoms with Crippen LogP contribution in [-0.4, -0.2) is 34.3 Å². The molecule has 0 bridgehead atoms. The van der Waals surface area contributed by atoms with Gasteiger partial charge in [-0.2, -0.15) is 0 Å². The van der Waals surface area contributed by atoms with E-state index in [9.17, 15) is 9.59 Å². The number of aryl methyl sites for hydroxylation is 1. The zero-order valence-corrected chi connectivity index (χ0v) is 17.8. The van der Waals surface area contributed by atoms with E-state index in [2.05, 4.69) is 21.6 Å². The predicted molar refractivity (Wildman–Crippen MR) is 122 cm³/mol. The van der Waals surface area contributed by atoms with Crippen LogP contribution in [0, 0.1) is 0 Å². The van der Waals surface area contributed by atoms with E-state index in [4.69, 9.17) is 0 Å². The quantitative estimate of drug-likeness (QED) is 0.355. The van der Waals surface area contributed by atoms with Crippen molar-refractivity contribution in [1.29, 1.82) is 0 Å². The molecule has 0 saturated heterocycles. The molecule has 1 N–H and O–H groups in total. The molecule has 0 unspecified atom stereocenters. The van der Waals surface area contributed by atoms with Gasteiger partial charge < -0.3 is 4.90 Å². The second-order valence-corrected chi connectivity index (χ2v) is 8.87. The van der Waals surface area contributed by atoms with Gasteiger partial charge in [0.05, 0.1) is 5.75 Å². The summed E-state index contributed by atoms with van der Waals surface area (Å²) in [6.07, 6.45) is 5.17. The number of nitrogens with zero attached hydrogens (tertiary/aromatic N) is 3. The SMILES string of the molecule is O=C(/C=C/c1ccccc1)Nc1nnc(SCC(=O)N2CCCc3ccccc32)s1. The number of hydrogen-bond acceptors (Lipinski definition) is 6. The third-order valence-corrected chi connectivity index (χ3v) is 6.55. The Hall–Kier alpha value is -2.97. The number of para-hydroxylation sites is 1. The van der Waals surface area contributed by atoms with Crippen LogP contribution >= 0.6 is 23.1 Å². The summed E-state index contributed by atoms with van der Waals surface area (Å²) in [5, 5.41) is 11.2. The Morgan fingerprint density at radius 2 is 1.90 bits per heavy atom. The van der Waals surface area contributed by atoms with Crippen LogP contribution in [0.15, 0.2) is 65.0 Å². The van der Waals surface area contributed by atoms with E-state index in [1.165, 1.54) is 34.7 Å². The fourth-order valence-corrected chi connectivity index (χ4v) is 4.83. The molecule has 0 radical (unpaired) electrons. The van der Waals surface area contributed by atoms with Gasteiger partial charge in [0.2, 0.25) is 16.9 Å². The Kier molecular flexibility index (Phi) is 6.56. The van der Waals surface area contributed by atoms with Crippen LogP contribution in [0.4, 0.5) is 10.8 Å². The minimum atomic E-state index is -0.271. The van der Waals surface area contributed by atoms with Crippen LogP contribution in [0.25, 0.3) is 6.08 Å². The van der Waals surface area contributed by atoms with Crippen LogP contribution in [0.5, 0.6) is 0 Å². The minimum Gasteiger partial charge on any atom is -0.311 e. The molecule has 0 spiro atoms. The lowest BCUT2D eigenvalue weighted by Gasteiger charge is -2.29. The van der Waals surface area contributed by atoms with E-state index >= 15 is 0 Å². The summed E-state index contributed by atoms with van der Waals surface area (Å²) < 4.78 is 0.649.